The molecule has 0 fully saturated rings. The number of nitrogens with zero attached hydrogens (tertiary/aromatic N) is 1. The number of nitrogen functional groups attached to an aromatic ring is 1. The highest BCUT2D eigenvalue weighted by Gasteiger charge is 2.07. The van der Waals surface area contributed by atoms with Gasteiger partial charge in [0.1, 0.15) is 0 Å². The van der Waals surface area contributed by atoms with E-state index in [1.54, 1.807) is 19.2 Å². The zero-order valence-electron chi connectivity index (χ0n) is 12.4. The van der Waals surface area contributed by atoms with Crippen LogP contribution in [0.3, 0.4) is 0 Å². The molecular formula is C14H24N2O4. The van der Waals surface area contributed by atoms with Crippen molar-refractivity contribution in [3.05, 3.63) is 12.1 Å². The van der Waals surface area contributed by atoms with Gasteiger partial charge in [-0.25, -0.2) is 0 Å². The molecule has 0 aliphatic heterocycles. The van der Waals surface area contributed by atoms with Crippen molar-refractivity contribution in [2.75, 3.05) is 39.3 Å². The van der Waals surface area contributed by atoms with Crippen LogP contribution < -0.4 is 15.2 Å². The predicted octanol–water partition coefficient (Wildman–Crippen LogP) is 1.88. The molecule has 0 amide bonds. The van der Waals surface area contributed by atoms with Gasteiger partial charge in [-0.05, 0) is 19.9 Å². The predicted molar refractivity (Wildman–Crippen MR) is 77.2 cm³/mol. The van der Waals surface area contributed by atoms with Crippen LogP contribution in [0, 0.1) is 0 Å². The lowest BCUT2D eigenvalue weighted by molar-refractivity contribution is 0.0641. The van der Waals surface area contributed by atoms with Gasteiger partial charge in [-0.3, -0.25) is 0 Å². The summed E-state index contributed by atoms with van der Waals surface area (Å²) in [6.07, 6.45) is 0.810. The Morgan fingerprint density at radius 2 is 1.95 bits per heavy atom. The van der Waals surface area contributed by atoms with Crippen molar-refractivity contribution >= 4 is 5.69 Å². The van der Waals surface area contributed by atoms with Crippen LogP contribution in [0.1, 0.15) is 20.3 Å². The Bertz CT molecular complexity index is 385. The van der Waals surface area contributed by atoms with Crippen LogP contribution in [0.25, 0.3) is 0 Å². The van der Waals surface area contributed by atoms with Gasteiger partial charge in [0, 0.05) is 26.2 Å². The Hall–Kier alpha value is -1.53. The molecule has 20 heavy (non-hydrogen) atoms. The Labute approximate surface area is 120 Å². The molecule has 6 nitrogen and oxygen atoms in total. The minimum absolute atomic E-state index is 0.0224. The summed E-state index contributed by atoms with van der Waals surface area (Å²) >= 11 is 0. The standard InChI is InChI=1S/C14H24N2O4/c1-11(2)20-14-12(15)5-6-13(16-14)19-8-4-7-18-10-9-17-3/h5-6,11H,4,7-10,15H2,1-3H3. The van der Waals surface area contributed by atoms with Crippen LogP contribution in [0.4, 0.5) is 5.69 Å². The van der Waals surface area contributed by atoms with Crippen LogP contribution in [0.15, 0.2) is 12.1 Å². The summed E-state index contributed by atoms with van der Waals surface area (Å²) in [4.78, 5) is 4.23. The van der Waals surface area contributed by atoms with Gasteiger partial charge in [-0.15, -0.1) is 0 Å². The van der Waals surface area contributed by atoms with Gasteiger partial charge in [0.25, 0.3) is 0 Å². The van der Waals surface area contributed by atoms with Crippen molar-refractivity contribution in [2.24, 2.45) is 0 Å². The molecule has 0 spiro atoms. The third-order valence-corrected chi connectivity index (χ3v) is 2.33. The van der Waals surface area contributed by atoms with Gasteiger partial charge in [0.05, 0.1) is 31.6 Å². The molecule has 0 bridgehead atoms. The molecule has 0 radical (unpaired) electrons. The van der Waals surface area contributed by atoms with Gasteiger partial charge in [-0.2, -0.15) is 4.98 Å². The quantitative estimate of drug-likeness (QED) is 0.661. The lowest BCUT2D eigenvalue weighted by Crippen LogP contribution is -2.10. The first-order chi connectivity index (χ1) is 9.63. The minimum Gasteiger partial charge on any atom is -0.477 e. The number of methoxy groups -OCH3 is 1. The van der Waals surface area contributed by atoms with E-state index in [9.17, 15) is 0 Å². The summed E-state index contributed by atoms with van der Waals surface area (Å²) in [6.45, 7) is 6.22. The van der Waals surface area contributed by atoms with Crippen molar-refractivity contribution in [3.8, 4) is 11.8 Å². The van der Waals surface area contributed by atoms with E-state index in [0.717, 1.165) is 6.42 Å². The van der Waals surface area contributed by atoms with Crippen LogP contribution in [0.5, 0.6) is 11.8 Å². The molecule has 114 valence electrons. The normalized spacial score (nSPS) is 10.8. The fraction of sp³-hybridized carbons (Fsp3) is 0.643. The molecule has 0 unspecified atom stereocenters. The highest BCUT2D eigenvalue weighted by Crippen LogP contribution is 2.23. The Morgan fingerprint density at radius 3 is 2.65 bits per heavy atom. The van der Waals surface area contributed by atoms with Crippen LogP contribution >= 0.6 is 0 Å². The number of anilines is 1. The second-order valence-electron chi connectivity index (χ2n) is 4.52. The largest absolute Gasteiger partial charge is 0.477 e. The zero-order valence-corrected chi connectivity index (χ0v) is 12.4. The Kier molecular flexibility index (Phi) is 7.75. The topological polar surface area (TPSA) is 75.8 Å². The molecule has 0 atom stereocenters. The van der Waals surface area contributed by atoms with E-state index in [4.69, 9.17) is 24.7 Å². The molecular weight excluding hydrogens is 260 g/mol. The highest BCUT2D eigenvalue weighted by atomic mass is 16.5. The molecule has 0 saturated carbocycles. The fourth-order valence-corrected chi connectivity index (χ4v) is 1.41. The molecule has 1 aromatic heterocycles. The highest BCUT2D eigenvalue weighted by molar-refractivity contribution is 5.49. The summed E-state index contributed by atoms with van der Waals surface area (Å²) in [5, 5.41) is 0. The van der Waals surface area contributed by atoms with E-state index >= 15 is 0 Å². The first kappa shape index (κ1) is 16.5. The third-order valence-electron chi connectivity index (χ3n) is 2.33. The van der Waals surface area contributed by atoms with Crippen molar-refractivity contribution in [2.45, 2.75) is 26.4 Å². The number of aromatic nitrogens is 1. The number of ether oxygens (including phenoxy) is 4. The monoisotopic (exact) mass is 284 g/mol. The van der Waals surface area contributed by atoms with Crippen LogP contribution in [0.2, 0.25) is 0 Å². The molecule has 0 saturated heterocycles. The summed E-state index contributed by atoms with van der Waals surface area (Å²) in [6, 6.07) is 3.46. The van der Waals surface area contributed by atoms with E-state index in [1.165, 1.54) is 0 Å². The van der Waals surface area contributed by atoms with E-state index in [2.05, 4.69) is 4.98 Å². The van der Waals surface area contributed by atoms with Crippen molar-refractivity contribution in [1.29, 1.82) is 0 Å². The Morgan fingerprint density at radius 1 is 1.15 bits per heavy atom. The zero-order chi connectivity index (χ0) is 14.8. The number of hydrogen-bond donors (Lipinski definition) is 1. The number of rotatable bonds is 10. The van der Waals surface area contributed by atoms with Gasteiger partial charge in [-0.1, -0.05) is 0 Å². The molecule has 0 aliphatic rings. The van der Waals surface area contributed by atoms with Gasteiger partial charge in [0.15, 0.2) is 0 Å². The van der Waals surface area contributed by atoms with E-state index < -0.39 is 0 Å². The second-order valence-corrected chi connectivity index (χ2v) is 4.52. The first-order valence-corrected chi connectivity index (χ1v) is 6.76. The number of nitrogens with two attached hydrogens (primary N) is 1. The third kappa shape index (κ3) is 6.58. The van der Waals surface area contributed by atoms with Crippen molar-refractivity contribution in [1.82, 2.24) is 4.98 Å². The van der Waals surface area contributed by atoms with Crippen LogP contribution in [-0.2, 0) is 9.47 Å². The summed E-state index contributed by atoms with van der Waals surface area (Å²) in [5.41, 5.74) is 6.29. The second kappa shape index (κ2) is 9.39. The lowest BCUT2D eigenvalue weighted by atomic mass is 10.4. The maximum absolute atomic E-state index is 5.79. The summed E-state index contributed by atoms with van der Waals surface area (Å²) < 4.78 is 21.3. The number of pyridine rings is 1. The van der Waals surface area contributed by atoms with Gasteiger partial charge in [0.2, 0.25) is 11.8 Å². The molecule has 1 heterocycles. The van der Waals surface area contributed by atoms with Crippen molar-refractivity contribution in [3.63, 3.8) is 0 Å². The van der Waals surface area contributed by atoms with E-state index in [-0.39, 0.29) is 6.10 Å². The lowest BCUT2D eigenvalue weighted by Gasteiger charge is -2.12. The average Bonchev–Trinajstić information content (AvgIpc) is 2.40. The van der Waals surface area contributed by atoms with Gasteiger partial charge < -0.3 is 24.7 Å². The maximum Gasteiger partial charge on any atom is 0.240 e. The summed E-state index contributed by atoms with van der Waals surface area (Å²) in [5.74, 6) is 0.917. The molecule has 0 aromatic carbocycles. The molecule has 2 N–H and O–H groups in total. The SMILES string of the molecule is COCCOCCCOc1ccc(N)c(OC(C)C)n1. The fourth-order valence-electron chi connectivity index (χ4n) is 1.41. The van der Waals surface area contributed by atoms with E-state index in [1.807, 2.05) is 13.8 Å². The molecule has 6 heteroatoms. The van der Waals surface area contributed by atoms with Crippen LogP contribution in [-0.4, -0.2) is 44.6 Å². The molecule has 0 aliphatic carbocycles. The first-order valence-electron chi connectivity index (χ1n) is 6.76. The van der Waals surface area contributed by atoms with Gasteiger partial charge >= 0.3 is 0 Å². The Balaban J connectivity index is 2.29. The number of hydrogen-bond acceptors (Lipinski definition) is 6. The maximum atomic E-state index is 5.79. The van der Waals surface area contributed by atoms with E-state index in [0.29, 0.717) is 43.9 Å². The molecule has 1 rings (SSSR count). The smallest absolute Gasteiger partial charge is 0.240 e. The van der Waals surface area contributed by atoms with Crippen molar-refractivity contribution < 1.29 is 18.9 Å². The average molecular weight is 284 g/mol. The minimum atomic E-state index is 0.0224. The molecule has 1 aromatic rings. The summed E-state index contributed by atoms with van der Waals surface area (Å²) in [7, 11) is 1.65.